The molecule has 0 aliphatic heterocycles. The molecule has 1 aliphatic carbocycles. The Morgan fingerprint density at radius 1 is 1.44 bits per heavy atom. The van der Waals surface area contributed by atoms with Crippen molar-refractivity contribution in [2.75, 3.05) is 12.3 Å². The van der Waals surface area contributed by atoms with Crippen LogP contribution in [0.5, 0.6) is 0 Å². The predicted molar refractivity (Wildman–Crippen MR) is 74.1 cm³/mol. The first-order valence-electron chi connectivity index (χ1n) is 6.59. The monoisotopic (exact) mass is 246 g/mol. The number of hydrogen-bond acceptors (Lipinski definition) is 2. The maximum Gasteiger partial charge on any atom is 0.220 e. The summed E-state index contributed by atoms with van der Waals surface area (Å²) in [5.41, 5.74) is 8.10. The first kappa shape index (κ1) is 12.9. The van der Waals surface area contributed by atoms with Crippen LogP contribution >= 0.6 is 0 Å². The molecule has 2 rings (SSSR count). The highest BCUT2D eigenvalue weighted by Gasteiger charge is 2.45. The van der Waals surface area contributed by atoms with Crippen molar-refractivity contribution >= 4 is 11.6 Å². The van der Waals surface area contributed by atoms with Gasteiger partial charge in [0.25, 0.3) is 0 Å². The molecule has 1 atom stereocenters. The highest BCUT2D eigenvalue weighted by molar-refractivity contribution is 5.76. The fourth-order valence-electron chi connectivity index (χ4n) is 2.26. The Kier molecular flexibility index (Phi) is 3.60. The van der Waals surface area contributed by atoms with Crippen molar-refractivity contribution in [1.82, 2.24) is 5.32 Å². The minimum Gasteiger partial charge on any atom is -0.399 e. The van der Waals surface area contributed by atoms with Crippen LogP contribution in [0.1, 0.15) is 32.3 Å². The molecule has 1 fully saturated rings. The highest BCUT2D eigenvalue weighted by Crippen LogP contribution is 2.50. The second-order valence-corrected chi connectivity index (χ2v) is 5.89. The molecule has 0 heterocycles. The van der Waals surface area contributed by atoms with Crippen molar-refractivity contribution in [3.63, 3.8) is 0 Å². The predicted octanol–water partition coefficient (Wildman–Crippen LogP) is 2.36. The van der Waals surface area contributed by atoms with Crippen LogP contribution in [0.4, 0.5) is 5.69 Å². The van der Waals surface area contributed by atoms with E-state index in [0.717, 1.165) is 17.8 Å². The molecule has 3 N–H and O–H groups in total. The van der Waals surface area contributed by atoms with Crippen LogP contribution in [0, 0.1) is 11.3 Å². The maximum absolute atomic E-state index is 11.7. The standard InChI is InChI=1S/C15H22N2O/c1-15(2)9-12(15)10-17-14(18)8-7-11-5-3-4-6-13(11)16/h3-6,12H,7-10,16H2,1-2H3,(H,17,18). The molecule has 1 aromatic rings. The molecule has 0 spiro atoms. The van der Waals surface area contributed by atoms with Gasteiger partial charge < -0.3 is 11.1 Å². The zero-order valence-corrected chi connectivity index (χ0v) is 11.2. The molecule has 1 saturated carbocycles. The highest BCUT2D eigenvalue weighted by atomic mass is 16.1. The van der Waals surface area contributed by atoms with Gasteiger partial charge in [-0.3, -0.25) is 4.79 Å². The fraction of sp³-hybridized carbons (Fsp3) is 0.533. The molecule has 0 aromatic heterocycles. The Bertz CT molecular complexity index is 440. The Morgan fingerprint density at radius 2 is 2.11 bits per heavy atom. The summed E-state index contributed by atoms with van der Waals surface area (Å²) < 4.78 is 0. The van der Waals surface area contributed by atoms with Crippen molar-refractivity contribution in [3.8, 4) is 0 Å². The number of hydrogen-bond donors (Lipinski definition) is 2. The Hall–Kier alpha value is -1.51. The van der Waals surface area contributed by atoms with Gasteiger partial charge in [0.05, 0.1) is 0 Å². The van der Waals surface area contributed by atoms with Crippen LogP contribution in [-0.2, 0) is 11.2 Å². The number of nitrogens with two attached hydrogens (primary N) is 1. The van der Waals surface area contributed by atoms with E-state index in [0.29, 0.717) is 24.2 Å². The van der Waals surface area contributed by atoms with Crippen molar-refractivity contribution < 1.29 is 4.79 Å². The number of carbonyl (C=O) groups is 1. The van der Waals surface area contributed by atoms with Gasteiger partial charge in [-0.1, -0.05) is 32.0 Å². The van der Waals surface area contributed by atoms with Gasteiger partial charge in [0.15, 0.2) is 0 Å². The molecule has 1 unspecified atom stereocenters. The van der Waals surface area contributed by atoms with E-state index in [1.165, 1.54) is 6.42 Å². The molecule has 0 radical (unpaired) electrons. The first-order valence-corrected chi connectivity index (χ1v) is 6.59. The lowest BCUT2D eigenvalue weighted by atomic mass is 10.1. The van der Waals surface area contributed by atoms with Gasteiger partial charge in [-0.25, -0.2) is 0 Å². The van der Waals surface area contributed by atoms with E-state index < -0.39 is 0 Å². The van der Waals surface area contributed by atoms with Gasteiger partial charge >= 0.3 is 0 Å². The van der Waals surface area contributed by atoms with Crippen LogP contribution in [-0.4, -0.2) is 12.5 Å². The SMILES string of the molecule is CC1(C)CC1CNC(=O)CCc1ccccc1N. The molecule has 3 nitrogen and oxygen atoms in total. The van der Waals surface area contributed by atoms with E-state index in [-0.39, 0.29) is 5.91 Å². The van der Waals surface area contributed by atoms with Crippen LogP contribution in [0.25, 0.3) is 0 Å². The lowest BCUT2D eigenvalue weighted by Crippen LogP contribution is -2.26. The number of nitrogens with one attached hydrogen (secondary N) is 1. The first-order chi connectivity index (χ1) is 8.49. The summed E-state index contributed by atoms with van der Waals surface area (Å²) in [5.74, 6) is 0.782. The van der Waals surface area contributed by atoms with E-state index in [1.54, 1.807) is 0 Å². The van der Waals surface area contributed by atoms with Crippen LogP contribution in [0.15, 0.2) is 24.3 Å². The number of amides is 1. The van der Waals surface area contributed by atoms with Crippen LogP contribution < -0.4 is 11.1 Å². The molecular weight excluding hydrogens is 224 g/mol. The van der Waals surface area contributed by atoms with E-state index in [1.807, 2.05) is 24.3 Å². The average Bonchev–Trinajstić information content (AvgIpc) is 2.93. The largest absolute Gasteiger partial charge is 0.399 e. The second-order valence-electron chi connectivity index (χ2n) is 5.89. The number of aryl methyl sites for hydroxylation is 1. The quantitative estimate of drug-likeness (QED) is 0.784. The number of para-hydroxylation sites is 1. The van der Waals surface area contributed by atoms with Crippen LogP contribution in [0.2, 0.25) is 0 Å². The van der Waals surface area contributed by atoms with Gasteiger partial charge in [-0.2, -0.15) is 0 Å². The molecule has 1 aliphatic rings. The molecule has 98 valence electrons. The van der Waals surface area contributed by atoms with Crippen molar-refractivity contribution in [3.05, 3.63) is 29.8 Å². The number of carbonyl (C=O) groups excluding carboxylic acids is 1. The van der Waals surface area contributed by atoms with Crippen molar-refractivity contribution in [1.29, 1.82) is 0 Å². The number of nitrogen functional groups attached to an aromatic ring is 1. The Balaban J connectivity index is 1.71. The van der Waals surface area contributed by atoms with Gasteiger partial charge in [-0.15, -0.1) is 0 Å². The molecule has 1 amide bonds. The Labute approximate surface area is 109 Å². The molecule has 3 heteroatoms. The number of rotatable bonds is 5. The second kappa shape index (κ2) is 5.01. The van der Waals surface area contributed by atoms with Crippen LogP contribution in [0.3, 0.4) is 0 Å². The number of anilines is 1. The average molecular weight is 246 g/mol. The normalized spacial score (nSPS) is 20.4. The summed E-state index contributed by atoms with van der Waals surface area (Å²) in [4.78, 5) is 11.7. The maximum atomic E-state index is 11.7. The van der Waals surface area contributed by atoms with Crippen molar-refractivity contribution in [2.45, 2.75) is 33.1 Å². The summed E-state index contributed by atoms with van der Waals surface area (Å²) >= 11 is 0. The summed E-state index contributed by atoms with van der Waals surface area (Å²) in [7, 11) is 0. The number of benzene rings is 1. The minimum atomic E-state index is 0.126. The molecule has 1 aromatic carbocycles. The van der Waals surface area contributed by atoms with E-state index in [4.69, 9.17) is 5.73 Å². The summed E-state index contributed by atoms with van der Waals surface area (Å²) in [6.45, 7) is 5.30. The third kappa shape index (κ3) is 3.25. The molecule has 0 saturated heterocycles. The topological polar surface area (TPSA) is 55.1 Å². The zero-order valence-electron chi connectivity index (χ0n) is 11.2. The van der Waals surface area contributed by atoms with Gasteiger partial charge in [0.2, 0.25) is 5.91 Å². The summed E-state index contributed by atoms with van der Waals surface area (Å²) in [6.07, 6.45) is 2.45. The molecule has 18 heavy (non-hydrogen) atoms. The smallest absolute Gasteiger partial charge is 0.220 e. The molecule has 0 bridgehead atoms. The third-order valence-corrected chi connectivity index (χ3v) is 3.94. The third-order valence-electron chi connectivity index (χ3n) is 3.94. The summed E-state index contributed by atoms with van der Waals surface area (Å²) in [6, 6.07) is 7.72. The lowest BCUT2D eigenvalue weighted by molar-refractivity contribution is -0.121. The fourth-order valence-corrected chi connectivity index (χ4v) is 2.26. The van der Waals surface area contributed by atoms with E-state index >= 15 is 0 Å². The summed E-state index contributed by atoms with van der Waals surface area (Å²) in [5, 5.41) is 3.01. The van der Waals surface area contributed by atoms with E-state index in [2.05, 4.69) is 19.2 Å². The van der Waals surface area contributed by atoms with Gasteiger partial charge in [0, 0.05) is 18.7 Å². The molecular formula is C15H22N2O. The van der Waals surface area contributed by atoms with Gasteiger partial charge in [0.1, 0.15) is 0 Å². The van der Waals surface area contributed by atoms with Crippen molar-refractivity contribution in [2.24, 2.45) is 11.3 Å². The lowest BCUT2D eigenvalue weighted by Gasteiger charge is -2.07. The van der Waals surface area contributed by atoms with E-state index in [9.17, 15) is 4.79 Å². The zero-order chi connectivity index (χ0) is 13.2. The van der Waals surface area contributed by atoms with Gasteiger partial charge in [-0.05, 0) is 35.8 Å². The minimum absolute atomic E-state index is 0.126. The Morgan fingerprint density at radius 3 is 2.72 bits per heavy atom.